The number of benzene rings is 1. The topological polar surface area (TPSA) is 84.5 Å². The van der Waals surface area contributed by atoms with E-state index in [0.717, 1.165) is 62.5 Å². The summed E-state index contributed by atoms with van der Waals surface area (Å²) < 4.78 is 31.9. The van der Waals surface area contributed by atoms with E-state index in [-0.39, 0.29) is 5.92 Å². The quantitative estimate of drug-likeness (QED) is 0.828. The predicted molar refractivity (Wildman–Crippen MR) is 104 cm³/mol. The number of carbonyl (C=O) groups excluding carboxylic acids is 1. The average molecular weight is 391 g/mol. The van der Waals surface area contributed by atoms with Crippen molar-refractivity contribution < 1.29 is 17.9 Å². The molecule has 1 heterocycles. The smallest absolute Gasteiger partial charge is 0.333 e. The van der Waals surface area contributed by atoms with Crippen LogP contribution in [0.4, 0.5) is 10.5 Å². The maximum atomic E-state index is 12.4. The van der Waals surface area contributed by atoms with Crippen LogP contribution in [0, 0.1) is 5.92 Å². The van der Waals surface area contributed by atoms with Crippen LogP contribution < -0.4 is 10.0 Å². The molecule has 0 atom stereocenters. The van der Waals surface area contributed by atoms with E-state index in [4.69, 9.17) is 4.74 Å². The van der Waals surface area contributed by atoms with Crippen molar-refractivity contribution >= 4 is 21.7 Å². The molecule has 1 aromatic rings. The van der Waals surface area contributed by atoms with E-state index in [2.05, 4.69) is 16.1 Å². The zero-order valence-electron chi connectivity index (χ0n) is 15.4. The Morgan fingerprint density at radius 3 is 2.30 bits per heavy atom. The van der Waals surface area contributed by atoms with Crippen LogP contribution in [-0.4, -0.2) is 27.7 Å². The third-order valence-electron chi connectivity index (χ3n) is 5.74. The average Bonchev–Trinajstić information content (AvgIpc) is 3.29. The van der Waals surface area contributed by atoms with E-state index in [1.54, 1.807) is 6.08 Å². The number of sulfonamides is 1. The number of amides is 2. The van der Waals surface area contributed by atoms with E-state index in [9.17, 15) is 13.2 Å². The minimum atomic E-state index is -3.81. The van der Waals surface area contributed by atoms with Gasteiger partial charge in [0, 0.05) is 24.3 Å². The van der Waals surface area contributed by atoms with Crippen molar-refractivity contribution in [3.05, 3.63) is 39.8 Å². The number of carbonyl (C=O) groups is 1. The van der Waals surface area contributed by atoms with Gasteiger partial charge in [-0.15, -0.1) is 0 Å². The highest BCUT2D eigenvalue weighted by molar-refractivity contribution is 7.92. The van der Waals surface area contributed by atoms with Gasteiger partial charge in [0.2, 0.25) is 0 Å². The predicted octanol–water partition coefficient (Wildman–Crippen LogP) is 3.06. The number of aryl methyl sites for hydroxylation is 2. The fraction of sp³-hybridized carbons (Fsp3) is 0.550. The lowest BCUT2D eigenvalue weighted by Crippen LogP contribution is -2.33. The number of nitrogens with one attached hydrogen (secondary N) is 2. The van der Waals surface area contributed by atoms with Crippen LogP contribution in [0.2, 0.25) is 0 Å². The summed E-state index contributed by atoms with van der Waals surface area (Å²) >= 11 is 0. The van der Waals surface area contributed by atoms with Crippen LogP contribution in [0.15, 0.2) is 17.6 Å². The molecule has 27 heavy (non-hydrogen) atoms. The van der Waals surface area contributed by atoms with Gasteiger partial charge < -0.3 is 10.1 Å². The molecule has 1 fully saturated rings. The molecule has 0 aromatic heterocycles. The molecule has 0 radical (unpaired) electrons. The molecule has 4 rings (SSSR count). The van der Waals surface area contributed by atoms with E-state index in [0.29, 0.717) is 13.2 Å². The lowest BCUT2D eigenvalue weighted by atomic mass is 9.99. The summed E-state index contributed by atoms with van der Waals surface area (Å²) in [4.78, 5) is 12.4. The van der Waals surface area contributed by atoms with Crippen molar-refractivity contribution in [2.24, 2.45) is 5.92 Å². The molecular weight excluding hydrogens is 364 g/mol. The molecule has 146 valence electrons. The third-order valence-corrected chi connectivity index (χ3v) is 6.73. The highest BCUT2D eigenvalue weighted by Gasteiger charge is 2.25. The largest absolute Gasteiger partial charge is 0.381 e. The molecule has 0 bridgehead atoms. The maximum Gasteiger partial charge on any atom is 0.333 e. The zero-order chi connectivity index (χ0) is 18.9. The molecule has 1 saturated heterocycles. The van der Waals surface area contributed by atoms with Gasteiger partial charge in [-0.3, -0.25) is 0 Å². The molecule has 0 unspecified atom stereocenters. The molecule has 2 N–H and O–H groups in total. The van der Waals surface area contributed by atoms with Crippen LogP contribution in [0.1, 0.15) is 47.9 Å². The second kappa shape index (κ2) is 7.64. The lowest BCUT2D eigenvalue weighted by Gasteiger charge is -2.18. The molecule has 0 spiro atoms. The highest BCUT2D eigenvalue weighted by Crippen LogP contribution is 2.38. The number of hydrogen-bond donors (Lipinski definition) is 2. The fourth-order valence-corrected chi connectivity index (χ4v) is 5.20. The fourth-order valence-electron chi connectivity index (χ4n) is 4.39. The third kappa shape index (κ3) is 4.19. The van der Waals surface area contributed by atoms with Gasteiger partial charge >= 0.3 is 6.03 Å². The first-order valence-corrected chi connectivity index (χ1v) is 11.3. The first-order chi connectivity index (χ1) is 13.0. The molecule has 7 heteroatoms. The summed E-state index contributed by atoms with van der Waals surface area (Å²) in [6.45, 7) is 1.29. The van der Waals surface area contributed by atoms with Gasteiger partial charge in [0.05, 0.1) is 0 Å². The maximum absolute atomic E-state index is 12.4. The molecule has 3 aliphatic rings. The van der Waals surface area contributed by atoms with Crippen molar-refractivity contribution in [2.75, 3.05) is 18.5 Å². The Labute approximate surface area is 160 Å². The summed E-state index contributed by atoms with van der Waals surface area (Å²) in [5.74, 6) is 0.180. The van der Waals surface area contributed by atoms with Crippen molar-refractivity contribution in [1.82, 2.24) is 4.72 Å². The Morgan fingerprint density at radius 2 is 1.67 bits per heavy atom. The Balaban J connectivity index is 1.46. The van der Waals surface area contributed by atoms with E-state index < -0.39 is 16.1 Å². The molecule has 6 nitrogen and oxygen atoms in total. The van der Waals surface area contributed by atoms with Crippen molar-refractivity contribution in [3.8, 4) is 0 Å². The van der Waals surface area contributed by atoms with Crippen LogP contribution in [0.3, 0.4) is 0 Å². The van der Waals surface area contributed by atoms with E-state index >= 15 is 0 Å². The molecule has 1 aliphatic heterocycles. The molecular formula is C20H26N2O4S. The Morgan fingerprint density at radius 1 is 1.04 bits per heavy atom. The van der Waals surface area contributed by atoms with Gasteiger partial charge in [0.25, 0.3) is 10.0 Å². The second-order valence-electron chi connectivity index (χ2n) is 7.61. The SMILES string of the molecule is O=C(Nc1c2c(cc3c1CCC3)CCC2)NS(=O)(=O)/C=C/C1CCOCC1. The van der Waals surface area contributed by atoms with Gasteiger partial charge in [0.15, 0.2) is 0 Å². The summed E-state index contributed by atoms with van der Waals surface area (Å²) in [7, 11) is -3.81. The highest BCUT2D eigenvalue weighted by atomic mass is 32.2. The van der Waals surface area contributed by atoms with Gasteiger partial charge in [-0.05, 0) is 79.5 Å². The number of anilines is 1. The van der Waals surface area contributed by atoms with Gasteiger partial charge in [-0.25, -0.2) is 17.9 Å². The minimum absolute atomic E-state index is 0.180. The number of allylic oxidation sites excluding steroid dienone is 1. The van der Waals surface area contributed by atoms with Crippen molar-refractivity contribution in [2.45, 2.75) is 51.4 Å². The monoisotopic (exact) mass is 390 g/mol. The van der Waals surface area contributed by atoms with Crippen LogP contribution in [-0.2, 0) is 40.4 Å². The first-order valence-electron chi connectivity index (χ1n) is 9.78. The minimum Gasteiger partial charge on any atom is -0.381 e. The molecule has 0 saturated carbocycles. The summed E-state index contributed by atoms with van der Waals surface area (Å²) in [6, 6.07) is 1.60. The first kappa shape index (κ1) is 18.5. The second-order valence-corrected chi connectivity index (χ2v) is 9.18. The van der Waals surface area contributed by atoms with E-state index in [1.165, 1.54) is 22.3 Å². The number of urea groups is 1. The number of ether oxygens (including phenoxy) is 1. The zero-order valence-corrected chi connectivity index (χ0v) is 16.2. The van der Waals surface area contributed by atoms with Gasteiger partial charge in [-0.1, -0.05) is 12.1 Å². The summed E-state index contributed by atoms with van der Waals surface area (Å²) in [5, 5.41) is 3.97. The number of hydrogen-bond acceptors (Lipinski definition) is 4. The van der Waals surface area contributed by atoms with Crippen LogP contribution in [0.5, 0.6) is 0 Å². The molecule has 2 amide bonds. The Kier molecular flexibility index (Phi) is 5.23. The van der Waals surface area contributed by atoms with Crippen LogP contribution in [0.25, 0.3) is 0 Å². The Hall–Kier alpha value is -1.86. The number of rotatable bonds is 4. The van der Waals surface area contributed by atoms with Crippen molar-refractivity contribution in [3.63, 3.8) is 0 Å². The summed E-state index contributed by atoms with van der Waals surface area (Å²) in [6.07, 6.45) is 9.39. The summed E-state index contributed by atoms with van der Waals surface area (Å²) in [5.41, 5.74) is 5.81. The van der Waals surface area contributed by atoms with Gasteiger partial charge in [0.1, 0.15) is 0 Å². The van der Waals surface area contributed by atoms with E-state index in [1.807, 2.05) is 0 Å². The Bertz CT molecular complexity index is 838. The van der Waals surface area contributed by atoms with Crippen molar-refractivity contribution in [1.29, 1.82) is 0 Å². The molecule has 2 aliphatic carbocycles. The van der Waals surface area contributed by atoms with Crippen LogP contribution >= 0.6 is 0 Å². The lowest BCUT2D eigenvalue weighted by molar-refractivity contribution is 0.0786. The van der Waals surface area contributed by atoms with Gasteiger partial charge in [-0.2, -0.15) is 0 Å². The molecule has 1 aromatic carbocycles. The number of fused-ring (bicyclic) bond motifs is 2. The standard InChI is InChI=1S/C20H26N2O4S/c23-20(22-27(24,25)12-9-14-7-10-26-11-8-14)21-19-17-5-1-3-15(17)13-16-4-2-6-18(16)19/h9,12-14H,1-8,10-11H2,(H2,21,22,23)/b12-9+. The normalized spacial score (nSPS) is 19.9.